The van der Waals surface area contributed by atoms with Gasteiger partial charge in [-0.25, -0.2) is 0 Å². The molecule has 0 radical (unpaired) electrons. The summed E-state index contributed by atoms with van der Waals surface area (Å²) in [6, 6.07) is 18.7. The fraction of sp³-hybridized carbons (Fsp3) is 0.182. The van der Waals surface area contributed by atoms with Crippen LogP contribution in [0.25, 0.3) is 0 Å². The van der Waals surface area contributed by atoms with E-state index in [4.69, 9.17) is 9.47 Å². The minimum Gasteiger partial charge on any atom is -0.494 e. The molecule has 5 heteroatoms. The number of carbonyl (C=O) groups is 1. The van der Waals surface area contributed by atoms with Gasteiger partial charge < -0.3 is 14.8 Å². The summed E-state index contributed by atoms with van der Waals surface area (Å²) in [4.78, 5) is 16.4. The van der Waals surface area contributed by atoms with Crippen LogP contribution in [-0.2, 0) is 13.2 Å². The number of nitrogens with one attached hydrogen (secondary N) is 1. The summed E-state index contributed by atoms with van der Waals surface area (Å²) in [7, 11) is 0. The lowest BCUT2D eigenvalue weighted by atomic mass is 10.1. The number of rotatable bonds is 8. The molecule has 2 aromatic carbocycles. The number of hydrogen-bond acceptors (Lipinski definition) is 4. The van der Waals surface area contributed by atoms with Crippen LogP contribution in [0, 0.1) is 0 Å². The van der Waals surface area contributed by atoms with Gasteiger partial charge in [-0.3, -0.25) is 9.78 Å². The molecule has 5 nitrogen and oxygen atoms in total. The fourth-order valence-electron chi connectivity index (χ4n) is 2.55. The van der Waals surface area contributed by atoms with E-state index in [1.807, 2.05) is 61.5 Å². The number of carbonyl (C=O) groups excluding carboxylic acids is 1. The van der Waals surface area contributed by atoms with E-state index >= 15 is 0 Å². The van der Waals surface area contributed by atoms with Crippen LogP contribution in [-0.4, -0.2) is 17.5 Å². The first kappa shape index (κ1) is 18.5. The molecule has 0 aliphatic rings. The number of hydrogen-bond donors (Lipinski definition) is 1. The maximum atomic E-state index is 12.4. The second-order valence-electron chi connectivity index (χ2n) is 5.94. The van der Waals surface area contributed by atoms with Gasteiger partial charge in [0.2, 0.25) is 0 Å². The average molecular weight is 362 g/mol. The highest BCUT2D eigenvalue weighted by atomic mass is 16.5. The van der Waals surface area contributed by atoms with Gasteiger partial charge in [0.15, 0.2) is 0 Å². The Bertz CT molecular complexity index is 864. The Balaban J connectivity index is 1.55. The maximum Gasteiger partial charge on any atom is 0.251 e. The third-order valence-corrected chi connectivity index (χ3v) is 3.91. The molecule has 3 aromatic rings. The summed E-state index contributed by atoms with van der Waals surface area (Å²) in [6.07, 6.45) is 3.44. The van der Waals surface area contributed by atoms with E-state index in [1.54, 1.807) is 18.5 Å². The Morgan fingerprint density at radius 3 is 2.41 bits per heavy atom. The zero-order chi connectivity index (χ0) is 18.9. The van der Waals surface area contributed by atoms with Gasteiger partial charge in [-0.05, 0) is 60.5 Å². The highest BCUT2D eigenvalue weighted by Gasteiger charge is 2.07. The smallest absolute Gasteiger partial charge is 0.251 e. The summed E-state index contributed by atoms with van der Waals surface area (Å²) in [5, 5.41) is 2.90. The molecule has 1 aromatic heterocycles. The number of pyridine rings is 1. The van der Waals surface area contributed by atoms with Gasteiger partial charge in [0.1, 0.15) is 18.1 Å². The van der Waals surface area contributed by atoms with Gasteiger partial charge in [-0.2, -0.15) is 0 Å². The van der Waals surface area contributed by atoms with Gasteiger partial charge >= 0.3 is 0 Å². The second kappa shape index (κ2) is 9.38. The molecule has 0 aliphatic carbocycles. The van der Waals surface area contributed by atoms with E-state index < -0.39 is 0 Å². The van der Waals surface area contributed by atoms with Crippen LogP contribution in [0.1, 0.15) is 28.4 Å². The lowest BCUT2D eigenvalue weighted by molar-refractivity contribution is 0.0950. The predicted octanol–water partition coefficient (Wildman–Crippen LogP) is 3.99. The number of ether oxygens (including phenoxy) is 2. The van der Waals surface area contributed by atoms with Crippen molar-refractivity contribution in [1.29, 1.82) is 0 Å². The molecule has 1 heterocycles. The standard InChI is InChI=1S/C22H22N2O3/c1-2-26-20-8-10-21(11-9-20)27-16-17-5-3-7-19(13-17)22(25)24-15-18-6-4-12-23-14-18/h3-14H,2,15-16H2,1H3,(H,24,25). The van der Waals surface area contributed by atoms with Gasteiger partial charge in [-0.1, -0.05) is 18.2 Å². The molecule has 0 aliphatic heterocycles. The average Bonchev–Trinajstić information content (AvgIpc) is 2.73. The fourth-order valence-corrected chi connectivity index (χ4v) is 2.55. The first-order chi connectivity index (χ1) is 13.2. The number of aromatic nitrogens is 1. The van der Waals surface area contributed by atoms with E-state index in [-0.39, 0.29) is 5.91 Å². The van der Waals surface area contributed by atoms with Crippen LogP contribution >= 0.6 is 0 Å². The van der Waals surface area contributed by atoms with Crippen molar-refractivity contribution in [2.75, 3.05) is 6.61 Å². The first-order valence-corrected chi connectivity index (χ1v) is 8.86. The topological polar surface area (TPSA) is 60.5 Å². The SMILES string of the molecule is CCOc1ccc(OCc2cccc(C(=O)NCc3cccnc3)c2)cc1. The summed E-state index contributed by atoms with van der Waals surface area (Å²) < 4.78 is 11.2. The molecule has 138 valence electrons. The number of benzene rings is 2. The third kappa shape index (κ3) is 5.57. The van der Waals surface area contributed by atoms with Crippen molar-refractivity contribution in [3.05, 3.63) is 89.7 Å². The zero-order valence-corrected chi connectivity index (χ0v) is 15.2. The molecule has 0 unspecified atom stereocenters. The van der Waals surface area contributed by atoms with E-state index in [9.17, 15) is 4.79 Å². The molecule has 0 spiro atoms. The van der Waals surface area contributed by atoms with Crippen LogP contribution < -0.4 is 14.8 Å². The van der Waals surface area contributed by atoms with E-state index in [0.717, 1.165) is 22.6 Å². The number of nitrogens with zero attached hydrogens (tertiary/aromatic N) is 1. The molecule has 27 heavy (non-hydrogen) atoms. The minimum atomic E-state index is -0.123. The minimum absolute atomic E-state index is 0.123. The Kier molecular flexibility index (Phi) is 6.41. The molecule has 0 fully saturated rings. The molecule has 0 saturated heterocycles. The van der Waals surface area contributed by atoms with Crippen molar-refractivity contribution in [2.45, 2.75) is 20.1 Å². The largest absolute Gasteiger partial charge is 0.494 e. The van der Waals surface area contributed by atoms with Crippen molar-refractivity contribution in [3.8, 4) is 11.5 Å². The molecule has 0 atom stereocenters. The lowest BCUT2D eigenvalue weighted by Crippen LogP contribution is -2.23. The van der Waals surface area contributed by atoms with Crippen molar-refractivity contribution in [3.63, 3.8) is 0 Å². The highest BCUT2D eigenvalue weighted by molar-refractivity contribution is 5.94. The van der Waals surface area contributed by atoms with Gasteiger partial charge in [0.25, 0.3) is 5.91 Å². The zero-order valence-electron chi connectivity index (χ0n) is 15.2. The van der Waals surface area contributed by atoms with Gasteiger partial charge in [0.05, 0.1) is 6.61 Å². The quantitative estimate of drug-likeness (QED) is 0.658. The molecule has 1 N–H and O–H groups in total. The van der Waals surface area contributed by atoms with E-state index in [2.05, 4.69) is 10.3 Å². The van der Waals surface area contributed by atoms with Crippen molar-refractivity contribution in [2.24, 2.45) is 0 Å². The third-order valence-electron chi connectivity index (χ3n) is 3.91. The normalized spacial score (nSPS) is 10.3. The van der Waals surface area contributed by atoms with Crippen molar-refractivity contribution >= 4 is 5.91 Å². The van der Waals surface area contributed by atoms with Gasteiger partial charge in [-0.15, -0.1) is 0 Å². The monoisotopic (exact) mass is 362 g/mol. The van der Waals surface area contributed by atoms with Crippen molar-refractivity contribution in [1.82, 2.24) is 10.3 Å². The Morgan fingerprint density at radius 2 is 1.70 bits per heavy atom. The Morgan fingerprint density at radius 1 is 0.963 bits per heavy atom. The summed E-state index contributed by atoms with van der Waals surface area (Å²) >= 11 is 0. The summed E-state index contributed by atoms with van der Waals surface area (Å²) in [5.74, 6) is 1.45. The van der Waals surface area contributed by atoms with Crippen molar-refractivity contribution < 1.29 is 14.3 Å². The molecule has 1 amide bonds. The Labute approximate surface area is 159 Å². The predicted molar refractivity (Wildman–Crippen MR) is 104 cm³/mol. The lowest BCUT2D eigenvalue weighted by Gasteiger charge is -2.09. The van der Waals surface area contributed by atoms with Crippen LogP contribution in [0.15, 0.2) is 73.1 Å². The highest BCUT2D eigenvalue weighted by Crippen LogP contribution is 2.19. The molecule has 0 bridgehead atoms. The maximum absolute atomic E-state index is 12.4. The molecule has 3 rings (SSSR count). The van der Waals surface area contributed by atoms with Crippen LogP contribution in [0.3, 0.4) is 0 Å². The Hall–Kier alpha value is -3.34. The van der Waals surface area contributed by atoms with Crippen LogP contribution in [0.5, 0.6) is 11.5 Å². The summed E-state index contributed by atoms with van der Waals surface area (Å²) in [5.41, 5.74) is 2.49. The van der Waals surface area contributed by atoms with Crippen LogP contribution in [0.2, 0.25) is 0 Å². The summed E-state index contributed by atoms with van der Waals surface area (Å²) in [6.45, 7) is 3.41. The van der Waals surface area contributed by atoms with E-state index in [0.29, 0.717) is 25.3 Å². The first-order valence-electron chi connectivity index (χ1n) is 8.86. The van der Waals surface area contributed by atoms with E-state index in [1.165, 1.54) is 0 Å². The van der Waals surface area contributed by atoms with Crippen LogP contribution in [0.4, 0.5) is 0 Å². The number of amides is 1. The molecular formula is C22H22N2O3. The second-order valence-corrected chi connectivity index (χ2v) is 5.94. The molecule has 0 saturated carbocycles. The molecular weight excluding hydrogens is 340 g/mol. The van der Waals surface area contributed by atoms with Gasteiger partial charge in [0, 0.05) is 24.5 Å².